The third-order valence-electron chi connectivity index (χ3n) is 5.02. The molecule has 34 heavy (non-hydrogen) atoms. The van der Waals surface area contributed by atoms with Crippen LogP contribution < -0.4 is 4.74 Å². The van der Waals surface area contributed by atoms with Crippen molar-refractivity contribution >= 4 is 35.0 Å². The van der Waals surface area contributed by atoms with Crippen molar-refractivity contribution < 1.29 is 9.66 Å². The molecule has 0 saturated carbocycles. The second-order valence-electron chi connectivity index (χ2n) is 7.42. The fourth-order valence-electron chi connectivity index (χ4n) is 3.39. The van der Waals surface area contributed by atoms with Gasteiger partial charge in [0.15, 0.2) is 5.16 Å². The Bertz CT molecular complexity index is 1280. The van der Waals surface area contributed by atoms with Crippen molar-refractivity contribution in [1.29, 1.82) is 0 Å². The smallest absolute Gasteiger partial charge is 0.220 e. The summed E-state index contributed by atoms with van der Waals surface area (Å²) in [6, 6.07) is 22.0. The first-order valence-corrected chi connectivity index (χ1v) is 12.0. The Kier molecular flexibility index (Phi) is 7.72. The molecule has 0 radical (unpaired) electrons. The zero-order chi connectivity index (χ0) is 24.1. The number of para-hydroxylation sites is 1. The van der Waals surface area contributed by atoms with E-state index in [2.05, 4.69) is 10.2 Å². The van der Waals surface area contributed by atoms with Crippen LogP contribution >= 0.6 is 35.0 Å². The minimum absolute atomic E-state index is 0.307. The number of nitrogens with zero attached hydrogens (tertiary/aromatic N) is 4. The number of rotatable bonds is 9. The monoisotopic (exact) mass is 514 g/mol. The third-order valence-corrected chi connectivity index (χ3v) is 6.68. The van der Waals surface area contributed by atoms with Crippen molar-refractivity contribution in [3.63, 3.8) is 0 Å². The fourth-order valence-corrected chi connectivity index (χ4v) is 4.84. The van der Waals surface area contributed by atoms with E-state index in [-0.39, 0.29) is 11.5 Å². The summed E-state index contributed by atoms with van der Waals surface area (Å²) in [5, 5.41) is 21.3. The van der Waals surface area contributed by atoms with Crippen LogP contribution in [0, 0.1) is 17.0 Å². The summed E-state index contributed by atoms with van der Waals surface area (Å²) in [5.41, 5.74) is 2.47. The molecule has 1 heterocycles. The van der Waals surface area contributed by atoms with E-state index in [4.69, 9.17) is 27.9 Å². The van der Waals surface area contributed by atoms with Crippen LogP contribution in [0.1, 0.15) is 22.2 Å². The van der Waals surface area contributed by atoms with Crippen LogP contribution in [0.3, 0.4) is 0 Å². The average Bonchev–Trinajstić information content (AvgIpc) is 3.18. The number of hydrogen-bond donors (Lipinski definition) is 0. The van der Waals surface area contributed by atoms with Gasteiger partial charge in [0, 0.05) is 26.2 Å². The van der Waals surface area contributed by atoms with Gasteiger partial charge in [-0.15, -0.1) is 10.2 Å². The lowest BCUT2D eigenvalue weighted by molar-refractivity contribution is -0.479. The lowest BCUT2D eigenvalue weighted by Crippen LogP contribution is -2.12. The number of hydrogen-bond acceptors (Lipinski definition) is 6. The van der Waals surface area contributed by atoms with Gasteiger partial charge in [-0.1, -0.05) is 65.3 Å². The molecule has 1 aromatic heterocycles. The molecule has 0 aliphatic heterocycles. The number of aryl methyl sites for hydroxylation is 1. The van der Waals surface area contributed by atoms with Gasteiger partial charge < -0.3 is 4.74 Å². The first-order valence-electron chi connectivity index (χ1n) is 10.3. The Morgan fingerprint density at radius 2 is 1.65 bits per heavy atom. The minimum Gasteiger partial charge on any atom is -0.489 e. The Morgan fingerprint density at radius 1 is 1.00 bits per heavy atom. The number of nitro groups is 1. The van der Waals surface area contributed by atoms with Crippen molar-refractivity contribution in [3.8, 4) is 11.4 Å². The van der Waals surface area contributed by atoms with Crippen LogP contribution in [0.25, 0.3) is 5.69 Å². The van der Waals surface area contributed by atoms with E-state index in [9.17, 15) is 10.1 Å². The van der Waals surface area contributed by atoms with Gasteiger partial charge in [0.1, 0.15) is 23.4 Å². The second kappa shape index (κ2) is 10.9. The van der Waals surface area contributed by atoms with Gasteiger partial charge in [-0.3, -0.25) is 14.7 Å². The zero-order valence-corrected chi connectivity index (χ0v) is 20.4. The third kappa shape index (κ3) is 5.88. The quantitative estimate of drug-likeness (QED) is 0.142. The van der Waals surface area contributed by atoms with Crippen LogP contribution in [0.4, 0.5) is 0 Å². The van der Waals surface area contributed by atoms with Gasteiger partial charge in [0.05, 0.1) is 0 Å². The molecular weight excluding hydrogens is 495 g/mol. The molecule has 1 atom stereocenters. The summed E-state index contributed by atoms with van der Waals surface area (Å²) in [6.45, 7) is 1.83. The number of aromatic nitrogens is 3. The van der Waals surface area contributed by atoms with E-state index in [1.54, 1.807) is 24.3 Å². The summed E-state index contributed by atoms with van der Waals surface area (Å²) >= 11 is 13.3. The molecule has 0 aliphatic carbocycles. The number of benzene rings is 3. The molecule has 0 spiro atoms. The molecule has 0 saturated heterocycles. The fraction of sp³-hybridized carbons (Fsp3) is 0.167. The lowest BCUT2D eigenvalue weighted by atomic mass is 10.1. The SMILES string of the molecule is Cc1nnc(S[C@@H](C[N+](=O)[O-])c2ccccc2OCc2ccc(Cl)cc2)n1-c1ccc(Cl)cc1. The Hall–Kier alpha value is -3.07. The highest BCUT2D eigenvalue weighted by atomic mass is 35.5. The second-order valence-corrected chi connectivity index (χ2v) is 9.46. The van der Waals surface area contributed by atoms with Gasteiger partial charge in [0.25, 0.3) is 0 Å². The highest BCUT2D eigenvalue weighted by Gasteiger charge is 2.26. The van der Waals surface area contributed by atoms with Gasteiger partial charge in [-0.25, -0.2) is 0 Å². The van der Waals surface area contributed by atoms with E-state index in [1.165, 1.54) is 11.8 Å². The first kappa shape index (κ1) is 24.1. The summed E-state index contributed by atoms with van der Waals surface area (Å²) < 4.78 is 7.91. The average molecular weight is 515 g/mol. The summed E-state index contributed by atoms with van der Waals surface area (Å²) in [7, 11) is 0. The van der Waals surface area contributed by atoms with Crippen molar-refractivity contribution in [2.75, 3.05) is 6.54 Å². The predicted octanol–water partition coefficient (Wildman–Crippen LogP) is 6.57. The van der Waals surface area contributed by atoms with Crippen molar-refractivity contribution in [1.82, 2.24) is 14.8 Å². The van der Waals surface area contributed by atoms with Crippen LogP contribution in [-0.2, 0) is 6.61 Å². The molecule has 3 aromatic carbocycles. The summed E-state index contributed by atoms with van der Waals surface area (Å²) in [4.78, 5) is 11.2. The van der Waals surface area contributed by atoms with Gasteiger partial charge in [0.2, 0.25) is 6.54 Å². The molecule has 4 aromatic rings. The molecule has 0 aliphatic rings. The number of halogens is 2. The van der Waals surface area contributed by atoms with E-state index < -0.39 is 5.25 Å². The van der Waals surface area contributed by atoms with E-state index >= 15 is 0 Å². The van der Waals surface area contributed by atoms with Gasteiger partial charge in [-0.2, -0.15) is 0 Å². The molecule has 0 N–H and O–H groups in total. The predicted molar refractivity (Wildman–Crippen MR) is 134 cm³/mol. The highest BCUT2D eigenvalue weighted by Crippen LogP contribution is 2.40. The highest BCUT2D eigenvalue weighted by molar-refractivity contribution is 7.99. The molecule has 0 bridgehead atoms. The Balaban J connectivity index is 1.63. The zero-order valence-electron chi connectivity index (χ0n) is 18.1. The first-order chi connectivity index (χ1) is 16.4. The van der Waals surface area contributed by atoms with Crippen molar-refractivity contribution in [3.05, 3.63) is 110 Å². The normalized spacial score (nSPS) is 11.9. The maximum Gasteiger partial charge on any atom is 0.220 e. The van der Waals surface area contributed by atoms with Crippen LogP contribution in [-0.4, -0.2) is 26.2 Å². The molecular formula is C24H20Cl2N4O3S. The largest absolute Gasteiger partial charge is 0.489 e. The molecule has 4 rings (SSSR count). The van der Waals surface area contributed by atoms with Crippen molar-refractivity contribution in [2.24, 2.45) is 0 Å². The minimum atomic E-state index is -0.550. The lowest BCUT2D eigenvalue weighted by Gasteiger charge is -2.18. The van der Waals surface area contributed by atoms with Gasteiger partial charge >= 0.3 is 0 Å². The summed E-state index contributed by atoms with van der Waals surface area (Å²) in [6.07, 6.45) is 0. The summed E-state index contributed by atoms with van der Waals surface area (Å²) in [5.74, 6) is 1.24. The van der Waals surface area contributed by atoms with E-state index in [0.717, 1.165) is 11.3 Å². The van der Waals surface area contributed by atoms with Crippen LogP contribution in [0.15, 0.2) is 78.0 Å². The standard InChI is InChI=1S/C24H20Cl2N4O3S/c1-16-27-28-24(30(16)20-12-10-19(26)11-13-20)34-23(14-29(31)32)21-4-2-3-5-22(21)33-15-17-6-8-18(25)9-7-17/h2-13,23H,14-15H2,1H3/t23-/m0/s1. The molecule has 174 valence electrons. The van der Waals surface area contributed by atoms with Gasteiger partial charge in [-0.05, 0) is 55.0 Å². The van der Waals surface area contributed by atoms with Crippen LogP contribution in [0.5, 0.6) is 5.75 Å². The number of thioether (sulfide) groups is 1. The molecule has 0 fully saturated rings. The van der Waals surface area contributed by atoms with Crippen LogP contribution in [0.2, 0.25) is 10.0 Å². The molecule has 0 unspecified atom stereocenters. The number of ether oxygens (including phenoxy) is 1. The van der Waals surface area contributed by atoms with E-state index in [1.807, 2.05) is 60.0 Å². The molecule has 10 heteroatoms. The molecule has 7 nitrogen and oxygen atoms in total. The Labute approximate surface area is 210 Å². The maximum absolute atomic E-state index is 11.6. The van der Waals surface area contributed by atoms with E-state index in [0.29, 0.717) is 38.9 Å². The molecule has 0 amide bonds. The van der Waals surface area contributed by atoms with Crippen molar-refractivity contribution in [2.45, 2.75) is 23.9 Å². The maximum atomic E-state index is 11.6. The Morgan fingerprint density at radius 3 is 2.32 bits per heavy atom. The topological polar surface area (TPSA) is 83.1 Å².